The van der Waals surface area contributed by atoms with Crippen molar-refractivity contribution in [1.82, 2.24) is 10.0 Å². The quantitative estimate of drug-likeness (QED) is 0.763. The molecule has 0 unspecified atom stereocenters. The molecular formula is C21H28N2O3S. The van der Waals surface area contributed by atoms with Crippen LogP contribution in [0.2, 0.25) is 0 Å². The first-order chi connectivity index (χ1) is 12.5. The standard InChI is InChI=1S/C21H28N2O3S/c1-15(2)23-27(25,26)19-11-9-17(10-12-19)20(24)22-14-21(4,5)18-8-6-7-16(3)13-18/h6-13,15,23H,14H2,1-5H3,(H,22,24). The van der Waals surface area contributed by atoms with Gasteiger partial charge in [0.25, 0.3) is 5.91 Å². The summed E-state index contributed by atoms with van der Waals surface area (Å²) in [7, 11) is -3.56. The Morgan fingerprint density at radius 2 is 1.70 bits per heavy atom. The van der Waals surface area contributed by atoms with Gasteiger partial charge in [0.15, 0.2) is 0 Å². The Balaban J connectivity index is 2.06. The van der Waals surface area contributed by atoms with Crippen LogP contribution >= 0.6 is 0 Å². The molecule has 6 heteroatoms. The van der Waals surface area contributed by atoms with Gasteiger partial charge in [-0.05, 0) is 50.6 Å². The van der Waals surface area contributed by atoms with Gasteiger partial charge in [-0.25, -0.2) is 13.1 Å². The van der Waals surface area contributed by atoms with Crippen molar-refractivity contribution in [2.24, 2.45) is 0 Å². The summed E-state index contributed by atoms with van der Waals surface area (Å²) in [4.78, 5) is 12.6. The van der Waals surface area contributed by atoms with E-state index in [-0.39, 0.29) is 22.3 Å². The Hall–Kier alpha value is -2.18. The van der Waals surface area contributed by atoms with Gasteiger partial charge in [-0.3, -0.25) is 4.79 Å². The molecule has 2 aromatic carbocycles. The van der Waals surface area contributed by atoms with E-state index in [1.807, 2.05) is 19.1 Å². The van der Waals surface area contributed by atoms with Crippen molar-refractivity contribution in [3.05, 3.63) is 65.2 Å². The normalized spacial score (nSPS) is 12.2. The molecule has 0 spiro atoms. The van der Waals surface area contributed by atoms with Crippen molar-refractivity contribution < 1.29 is 13.2 Å². The number of carbonyl (C=O) groups excluding carboxylic acids is 1. The van der Waals surface area contributed by atoms with E-state index in [4.69, 9.17) is 0 Å². The average molecular weight is 389 g/mol. The van der Waals surface area contributed by atoms with Crippen molar-refractivity contribution in [1.29, 1.82) is 0 Å². The van der Waals surface area contributed by atoms with Gasteiger partial charge in [-0.15, -0.1) is 0 Å². The van der Waals surface area contributed by atoms with E-state index >= 15 is 0 Å². The molecule has 5 nitrogen and oxygen atoms in total. The van der Waals surface area contributed by atoms with Gasteiger partial charge in [-0.2, -0.15) is 0 Å². The van der Waals surface area contributed by atoms with Crippen LogP contribution in [0.1, 0.15) is 49.2 Å². The molecule has 2 N–H and O–H groups in total. The third kappa shape index (κ3) is 5.65. The highest BCUT2D eigenvalue weighted by Crippen LogP contribution is 2.23. The predicted octanol–water partition coefficient (Wildman–Crippen LogP) is 3.39. The first-order valence-electron chi connectivity index (χ1n) is 8.99. The van der Waals surface area contributed by atoms with Gasteiger partial charge in [-0.1, -0.05) is 43.7 Å². The molecule has 0 saturated carbocycles. The fourth-order valence-corrected chi connectivity index (χ4v) is 3.99. The zero-order valence-electron chi connectivity index (χ0n) is 16.5. The number of rotatable bonds is 7. The van der Waals surface area contributed by atoms with Crippen LogP contribution in [0.25, 0.3) is 0 Å². The zero-order chi connectivity index (χ0) is 20.2. The van der Waals surface area contributed by atoms with Gasteiger partial charge in [0.05, 0.1) is 4.90 Å². The van der Waals surface area contributed by atoms with Crippen molar-refractivity contribution in [2.45, 2.75) is 51.0 Å². The summed E-state index contributed by atoms with van der Waals surface area (Å²) in [5.41, 5.74) is 2.55. The third-order valence-corrected chi connectivity index (χ3v) is 5.98. The van der Waals surface area contributed by atoms with Crippen molar-refractivity contribution >= 4 is 15.9 Å². The van der Waals surface area contributed by atoms with Crippen molar-refractivity contribution in [2.75, 3.05) is 6.54 Å². The Morgan fingerprint density at radius 3 is 2.26 bits per heavy atom. The van der Waals surface area contributed by atoms with E-state index in [9.17, 15) is 13.2 Å². The van der Waals surface area contributed by atoms with E-state index in [1.54, 1.807) is 13.8 Å². The van der Waals surface area contributed by atoms with Crippen molar-refractivity contribution in [3.63, 3.8) is 0 Å². The minimum atomic E-state index is -3.56. The number of nitrogens with one attached hydrogen (secondary N) is 2. The lowest BCUT2D eigenvalue weighted by Gasteiger charge is -2.26. The summed E-state index contributed by atoms with van der Waals surface area (Å²) in [6.45, 7) is 10.2. The molecule has 0 heterocycles. The highest BCUT2D eigenvalue weighted by Gasteiger charge is 2.22. The van der Waals surface area contributed by atoms with Gasteiger partial charge >= 0.3 is 0 Å². The maximum Gasteiger partial charge on any atom is 0.251 e. The summed E-state index contributed by atoms with van der Waals surface area (Å²) in [5, 5.41) is 2.94. The largest absolute Gasteiger partial charge is 0.351 e. The number of carbonyl (C=O) groups is 1. The maximum atomic E-state index is 12.5. The summed E-state index contributed by atoms with van der Waals surface area (Å²) in [6.07, 6.45) is 0. The molecule has 0 saturated heterocycles. The number of benzene rings is 2. The van der Waals surface area contributed by atoms with Crippen LogP contribution in [0.5, 0.6) is 0 Å². The highest BCUT2D eigenvalue weighted by atomic mass is 32.2. The number of sulfonamides is 1. The molecule has 2 rings (SSSR count). The molecule has 0 radical (unpaired) electrons. The van der Waals surface area contributed by atoms with Gasteiger partial charge < -0.3 is 5.32 Å². The lowest BCUT2D eigenvalue weighted by atomic mass is 9.84. The number of hydrogen-bond acceptors (Lipinski definition) is 3. The van der Waals surface area contributed by atoms with E-state index in [0.717, 1.165) is 5.56 Å². The van der Waals surface area contributed by atoms with Crippen LogP contribution in [0, 0.1) is 6.92 Å². The summed E-state index contributed by atoms with van der Waals surface area (Å²) in [6, 6.07) is 14.0. The predicted molar refractivity (Wildman–Crippen MR) is 108 cm³/mol. The molecule has 0 aliphatic heterocycles. The van der Waals surface area contributed by atoms with Crippen LogP contribution in [-0.4, -0.2) is 26.9 Å². The molecule has 0 fully saturated rings. The Bertz CT molecular complexity index is 901. The van der Waals surface area contributed by atoms with Crippen LogP contribution in [0.4, 0.5) is 0 Å². The summed E-state index contributed by atoms with van der Waals surface area (Å²) < 4.78 is 26.8. The molecule has 0 atom stereocenters. The SMILES string of the molecule is Cc1cccc(C(C)(C)CNC(=O)c2ccc(S(=O)(=O)NC(C)C)cc2)c1. The molecule has 0 aliphatic carbocycles. The molecule has 0 aromatic heterocycles. The zero-order valence-corrected chi connectivity index (χ0v) is 17.4. The van der Waals surface area contributed by atoms with Crippen LogP contribution in [0.3, 0.4) is 0 Å². The second-order valence-electron chi connectivity index (χ2n) is 7.74. The lowest BCUT2D eigenvalue weighted by molar-refractivity contribution is 0.0945. The minimum absolute atomic E-state index is 0.146. The van der Waals surface area contributed by atoms with Crippen LogP contribution in [-0.2, 0) is 15.4 Å². The lowest BCUT2D eigenvalue weighted by Crippen LogP contribution is -2.36. The van der Waals surface area contributed by atoms with Crippen LogP contribution in [0.15, 0.2) is 53.4 Å². The van der Waals surface area contributed by atoms with E-state index in [1.165, 1.54) is 29.8 Å². The Kier molecular flexibility index (Phi) is 6.44. The van der Waals surface area contributed by atoms with E-state index < -0.39 is 10.0 Å². The van der Waals surface area contributed by atoms with E-state index in [2.05, 4.69) is 36.0 Å². The molecule has 146 valence electrons. The number of hydrogen-bond donors (Lipinski definition) is 2. The maximum absolute atomic E-state index is 12.5. The summed E-state index contributed by atoms with van der Waals surface area (Å²) >= 11 is 0. The molecule has 1 amide bonds. The second kappa shape index (κ2) is 8.23. The average Bonchev–Trinajstić information content (AvgIpc) is 2.59. The van der Waals surface area contributed by atoms with Gasteiger partial charge in [0.1, 0.15) is 0 Å². The van der Waals surface area contributed by atoms with E-state index in [0.29, 0.717) is 12.1 Å². The monoisotopic (exact) mass is 388 g/mol. The molecule has 2 aromatic rings. The van der Waals surface area contributed by atoms with Crippen molar-refractivity contribution in [3.8, 4) is 0 Å². The second-order valence-corrected chi connectivity index (χ2v) is 9.45. The Morgan fingerprint density at radius 1 is 1.07 bits per heavy atom. The molecule has 0 bridgehead atoms. The highest BCUT2D eigenvalue weighted by molar-refractivity contribution is 7.89. The third-order valence-electron chi connectivity index (χ3n) is 4.31. The number of aryl methyl sites for hydroxylation is 1. The fourth-order valence-electron chi connectivity index (χ4n) is 2.74. The molecule has 0 aliphatic rings. The van der Waals surface area contributed by atoms with Gasteiger partial charge in [0.2, 0.25) is 10.0 Å². The fraction of sp³-hybridized carbons (Fsp3) is 0.381. The smallest absolute Gasteiger partial charge is 0.251 e. The summed E-state index contributed by atoms with van der Waals surface area (Å²) in [5.74, 6) is -0.225. The molecule has 27 heavy (non-hydrogen) atoms. The van der Waals surface area contributed by atoms with Crippen LogP contribution < -0.4 is 10.0 Å². The number of amides is 1. The Labute approximate surface area is 162 Å². The minimum Gasteiger partial charge on any atom is -0.351 e. The first kappa shape index (κ1) is 21.1. The topological polar surface area (TPSA) is 75.3 Å². The molecular weight excluding hydrogens is 360 g/mol. The first-order valence-corrected chi connectivity index (χ1v) is 10.5. The van der Waals surface area contributed by atoms with Gasteiger partial charge in [0, 0.05) is 23.6 Å².